The molecule has 1 atom stereocenters. The van der Waals surface area contributed by atoms with Crippen LogP contribution in [-0.2, 0) is 0 Å². The predicted molar refractivity (Wildman–Crippen MR) is 75.7 cm³/mol. The maximum atomic E-state index is 5.99. The van der Waals surface area contributed by atoms with Gasteiger partial charge in [-0.3, -0.25) is 4.98 Å². The van der Waals surface area contributed by atoms with E-state index in [1.54, 1.807) is 12.4 Å². The summed E-state index contributed by atoms with van der Waals surface area (Å²) in [5.74, 6) is 1.34. The molecule has 0 aliphatic heterocycles. The lowest BCUT2D eigenvalue weighted by atomic mass is 10.0. The Morgan fingerprint density at radius 1 is 1.05 bits per heavy atom. The second-order valence-electron chi connectivity index (χ2n) is 4.49. The van der Waals surface area contributed by atoms with Crippen LogP contribution in [0.25, 0.3) is 10.9 Å². The van der Waals surface area contributed by atoms with Crippen molar-refractivity contribution in [2.45, 2.75) is 12.8 Å². The second kappa shape index (κ2) is 4.65. The van der Waals surface area contributed by atoms with E-state index in [-0.39, 0.29) is 5.92 Å². The molecule has 2 aromatic heterocycles. The molecule has 0 aliphatic rings. The topological polar surface area (TPSA) is 64.7 Å². The Morgan fingerprint density at radius 3 is 2.63 bits per heavy atom. The highest BCUT2D eigenvalue weighted by molar-refractivity contribution is 5.87. The van der Waals surface area contributed by atoms with Crippen molar-refractivity contribution in [1.29, 1.82) is 0 Å². The molecule has 19 heavy (non-hydrogen) atoms. The number of hydrogen-bond donors (Lipinski definition) is 1. The van der Waals surface area contributed by atoms with Crippen molar-refractivity contribution in [1.82, 2.24) is 15.0 Å². The number of anilines is 1. The summed E-state index contributed by atoms with van der Waals surface area (Å²) in [6, 6.07) is 12.0. The minimum atomic E-state index is 0.105. The van der Waals surface area contributed by atoms with Gasteiger partial charge in [-0.1, -0.05) is 37.3 Å². The Morgan fingerprint density at radius 2 is 1.84 bits per heavy atom. The highest BCUT2D eigenvalue weighted by atomic mass is 15.0. The average Bonchev–Trinajstić information content (AvgIpc) is 2.47. The summed E-state index contributed by atoms with van der Waals surface area (Å²) in [7, 11) is 0. The number of rotatable bonds is 2. The minimum Gasteiger partial charge on any atom is -0.383 e. The first-order valence-electron chi connectivity index (χ1n) is 6.18. The van der Waals surface area contributed by atoms with E-state index in [0.29, 0.717) is 5.82 Å². The molecule has 2 N–H and O–H groups in total. The molecule has 0 fully saturated rings. The Labute approximate surface area is 111 Å². The lowest BCUT2D eigenvalue weighted by Crippen LogP contribution is -2.06. The van der Waals surface area contributed by atoms with Crippen LogP contribution in [0.3, 0.4) is 0 Å². The lowest BCUT2D eigenvalue weighted by Gasteiger charge is -2.12. The van der Waals surface area contributed by atoms with E-state index in [1.807, 2.05) is 24.3 Å². The van der Waals surface area contributed by atoms with Crippen molar-refractivity contribution in [3.63, 3.8) is 0 Å². The van der Waals surface area contributed by atoms with Gasteiger partial charge in [0.2, 0.25) is 0 Å². The smallest absolute Gasteiger partial charge is 0.138 e. The number of benzene rings is 1. The number of nitrogens with zero attached hydrogens (tertiary/aromatic N) is 3. The van der Waals surface area contributed by atoms with Crippen molar-refractivity contribution in [2.24, 2.45) is 0 Å². The zero-order valence-corrected chi connectivity index (χ0v) is 10.6. The summed E-state index contributed by atoms with van der Waals surface area (Å²) >= 11 is 0. The van der Waals surface area contributed by atoms with Crippen molar-refractivity contribution in [2.75, 3.05) is 5.73 Å². The maximum absolute atomic E-state index is 5.99. The van der Waals surface area contributed by atoms with E-state index < -0.39 is 0 Å². The van der Waals surface area contributed by atoms with Crippen LogP contribution in [0.1, 0.15) is 24.2 Å². The van der Waals surface area contributed by atoms with Crippen molar-refractivity contribution in [3.8, 4) is 0 Å². The minimum absolute atomic E-state index is 0.105. The van der Waals surface area contributed by atoms with Gasteiger partial charge < -0.3 is 5.73 Å². The number of pyridine rings is 1. The second-order valence-corrected chi connectivity index (χ2v) is 4.49. The van der Waals surface area contributed by atoms with Crippen molar-refractivity contribution >= 4 is 16.7 Å². The molecule has 0 saturated carbocycles. The molecule has 4 heteroatoms. The van der Waals surface area contributed by atoms with E-state index >= 15 is 0 Å². The van der Waals surface area contributed by atoms with Crippen LogP contribution in [0, 0.1) is 0 Å². The van der Waals surface area contributed by atoms with Crippen molar-refractivity contribution in [3.05, 3.63) is 60.2 Å². The highest BCUT2D eigenvalue weighted by Crippen LogP contribution is 2.24. The Kier molecular flexibility index (Phi) is 2.83. The molecule has 0 radical (unpaired) electrons. The van der Waals surface area contributed by atoms with Gasteiger partial charge in [0.1, 0.15) is 11.6 Å². The van der Waals surface area contributed by atoms with Gasteiger partial charge in [0.15, 0.2) is 0 Å². The number of nitrogen functional groups attached to an aromatic ring is 1. The van der Waals surface area contributed by atoms with E-state index in [1.165, 1.54) is 5.56 Å². The van der Waals surface area contributed by atoms with Gasteiger partial charge in [0.05, 0.1) is 11.7 Å². The molecule has 3 rings (SSSR count). The summed E-state index contributed by atoms with van der Waals surface area (Å²) < 4.78 is 0. The van der Waals surface area contributed by atoms with Crippen LogP contribution in [-0.4, -0.2) is 15.0 Å². The first kappa shape index (κ1) is 11.6. The summed E-state index contributed by atoms with van der Waals surface area (Å²) in [5.41, 5.74) is 7.95. The fourth-order valence-corrected chi connectivity index (χ4v) is 2.11. The fraction of sp³-hybridized carbons (Fsp3) is 0.133. The largest absolute Gasteiger partial charge is 0.383 e. The highest BCUT2D eigenvalue weighted by Gasteiger charge is 2.13. The molecule has 3 aromatic rings. The third kappa shape index (κ3) is 2.12. The molecule has 2 heterocycles. The Hall–Kier alpha value is -2.49. The average molecular weight is 250 g/mol. The summed E-state index contributed by atoms with van der Waals surface area (Å²) in [6.45, 7) is 2.08. The zero-order valence-electron chi connectivity index (χ0n) is 10.6. The fourth-order valence-electron chi connectivity index (χ4n) is 2.11. The summed E-state index contributed by atoms with van der Waals surface area (Å²) in [6.07, 6.45) is 3.41. The Bertz CT molecular complexity index is 710. The molecule has 0 saturated heterocycles. The Balaban J connectivity index is 2.11. The third-order valence-electron chi connectivity index (χ3n) is 3.23. The molecular weight excluding hydrogens is 236 g/mol. The van der Waals surface area contributed by atoms with E-state index in [4.69, 9.17) is 5.73 Å². The quantitative estimate of drug-likeness (QED) is 0.759. The molecule has 1 aromatic carbocycles. The lowest BCUT2D eigenvalue weighted by molar-refractivity contribution is 0.828. The van der Waals surface area contributed by atoms with Crippen LogP contribution < -0.4 is 5.73 Å². The zero-order chi connectivity index (χ0) is 13.2. The number of nitrogens with two attached hydrogens (primary N) is 1. The summed E-state index contributed by atoms with van der Waals surface area (Å²) in [5, 5.41) is 0.846. The standard InChI is InChI=1S/C15H14N4/c1-10(11-5-3-2-4-6-11)15-18-13-9-17-8-7-12(13)14(16)19-15/h2-10H,1H3,(H2,16,18,19)/t10-/m1/s1. The van der Waals surface area contributed by atoms with Gasteiger partial charge >= 0.3 is 0 Å². The van der Waals surface area contributed by atoms with Crippen LogP contribution in [0.4, 0.5) is 5.82 Å². The van der Waals surface area contributed by atoms with Crippen LogP contribution >= 0.6 is 0 Å². The van der Waals surface area contributed by atoms with Gasteiger partial charge in [-0.25, -0.2) is 9.97 Å². The van der Waals surface area contributed by atoms with Crippen LogP contribution in [0.15, 0.2) is 48.8 Å². The van der Waals surface area contributed by atoms with Crippen LogP contribution in [0.5, 0.6) is 0 Å². The van der Waals surface area contributed by atoms with Gasteiger partial charge in [0.25, 0.3) is 0 Å². The van der Waals surface area contributed by atoms with Gasteiger partial charge in [0, 0.05) is 17.5 Å². The molecule has 94 valence electrons. The third-order valence-corrected chi connectivity index (χ3v) is 3.23. The van der Waals surface area contributed by atoms with Gasteiger partial charge in [-0.2, -0.15) is 0 Å². The first-order chi connectivity index (χ1) is 9.25. The maximum Gasteiger partial charge on any atom is 0.138 e. The molecule has 0 spiro atoms. The molecule has 0 bridgehead atoms. The number of fused-ring (bicyclic) bond motifs is 1. The molecule has 0 amide bonds. The van der Waals surface area contributed by atoms with Gasteiger partial charge in [-0.05, 0) is 11.6 Å². The van der Waals surface area contributed by atoms with E-state index in [0.717, 1.165) is 16.7 Å². The molecule has 0 aliphatic carbocycles. The number of hydrogen-bond acceptors (Lipinski definition) is 4. The van der Waals surface area contributed by atoms with Gasteiger partial charge in [-0.15, -0.1) is 0 Å². The molecular formula is C15H14N4. The molecule has 4 nitrogen and oxygen atoms in total. The SMILES string of the molecule is C[C@H](c1ccccc1)c1nc(N)c2ccncc2n1. The summed E-state index contributed by atoms with van der Waals surface area (Å²) in [4.78, 5) is 13.1. The monoisotopic (exact) mass is 250 g/mol. The van der Waals surface area contributed by atoms with Crippen LogP contribution in [0.2, 0.25) is 0 Å². The van der Waals surface area contributed by atoms with E-state index in [9.17, 15) is 0 Å². The predicted octanol–water partition coefficient (Wildman–Crippen LogP) is 2.76. The number of aromatic nitrogens is 3. The van der Waals surface area contributed by atoms with E-state index in [2.05, 4.69) is 34.0 Å². The van der Waals surface area contributed by atoms with Crippen molar-refractivity contribution < 1.29 is 0 Å². The first-order valence-corrected chi connectivity index (χ1v) is 6.18. The molecule has 0 unspecified atom stereocenters. The normalized spacial score (nSPS) is 12.5.